The summed E-state index contributed by atoms with van der Waals surface area (Å²) in [4.78, 5) is 15.7. The second-order valence-corrected chi connectivity index (χ2v) is 5.78. The summed E-state index contributed by atoms with van der Waals surface area (Å²) in [6.07, 6.45) is 0. The minimum Gasteiger partial charge on any atom is -0.484 e. The van der Waals surface area contributed by atoms with Crippen molar-refractivity contribution in [2.75, 3.05) is 39.3 Å². The molecule has 0 bridgehead atoms. The molecular formula is C18H23N2O2+. The number of likely N-dealkylation sites (N-methyl/N-ethyl adjacent to an activating group) is 1. The number of hydrogen-bond acceptors (Lipinski definition) is 2. The van der Waals surface area contributed by atoms with E-state index >= 15 is 0 Å². The second-order valence-electron chi connectivity index (χ2n) is 5.78. The van der Waals surface area contributed by atoms with Crippen molar-refractivity contribution in [3.63, 3.8) is 0 Å². The van der Waals surface area contributed by atoms with Gasteiger partial charge in [-0.15, -0.1) is 0 Å². The number of nitrogens with one attached hydrogen (secondary N) is 1. The Kier molecular flexibility index (Phi) is 4.59. The molecular weight excluding hydrogens is 276 g/mol. The fourth-order valence-electron chi connectivity index (χ4n) is 2.92. The monoisotopic (exact) mass is 299 g/mol. The van der Waals surface area contributed by atoms with E-state index in [1.807, 2.05) is 35.2 Å². The Morgan fingerprint density at radius 1 is 1.14 bits per heavy atom. The maximum atomic E-state index is 12.2. The molecule has 0 atom stereocenters. The average Bonchev–Trinajstić information content (AvgIpc) is 2.59. The number of rotatable bonds is 4. The van der Waals surface area contributed by atoms with E-state index < -0.39 is 0 Å². The molecule has 22 heavy (non-hydrogen) atoms. The first-order chi connectivity index (χ1) is 10.8. The van der Waals surface area contributed by atoms with Crippen molar-refractivity contribution in [2.45, 2.75) is 6.92 Å². The molecule has 0 aliphatic carbocycles. The van der Waals surface area contributed by atoms with Crippen LogP contribution in [0.2, 0.25) is 0 Å². The minimum absolute atomic E-state index is 0.0864. The van der Waals surface area contributed by atoms with Crippen molar-refractivity contribution in [2.24, 2.45) is 0 Å². The fraction of sp³-hybridized carbons (Fsp3) is 0.389. The van der Waals surface area contributed by atoms with Crippen LogP contribution in [0.15, 0.2) is 42.5 Å². The molecule has 4 nitrogen and oxygen atoms in total. The van der Waals surface area contributed by atoms with Crippen molar-refractivity contribution < 1.29 is 14.4 Å². The van der Waals surface area contributed by atoms with Gasteiger partial charge in [0.25, 0.3) is 5.91 Å². The van der Waals surface area contributed by atoms with Gasteiger partial charge >= 0.3 is 0 Å². The van der Waals surface area contributed by atoms with E-state index in [9.17, 15) is 4.79 Å². The van der Waals surface area contributed by atoms with E-state index in [2.05, 4.69) is 19.1 Å². The van der Waals surface area contributed by atoms with Crippen LogP contribution in [-0.4, -0.2) is 50.1 Å². The zero-order valence-corrected chi connectivity index (χ0v) is 13.0. The summed E-state index contributed by atoms with van der Waals surface area (Å²) in [5.74, 6) is 0.841. The minimum atomic E-state index is 0.0864. The van der Waals surface area contributed by atoms with Gasteiger partial charge in [0.15, 0.2) is 6.61 Å². The standard InChI is InChI=1S/C18H22N2O2/c1-2-19-9-11-20(12-10-19)18(21)14-22-17-8-7-15-5-3-4-6-16(15)13-17/h3-8,13H,2,9-12,14H2,1H3/p+1. The summed E-state index contributed by atoms with van der Waals surface area (Å²) >= 11 is 0. The molecule has 2 aromatic carbocycles. The van der Waals surface area contributed by atoms with E-state index in [0.29, 0.717) is 0 Å². The molecule has 1 aliphatic heterocycles. The summed E-state index contributed by atoms with van der Waals surface area (Å²) in [5.41, 5.74) is 0. The highest BCUT2D eigenvalue weighted by Crippen LogP contribution is 2.20. The van der Waals surface area contributed by atoms with Gasteiger partial charge in [-0.1, -0.05) is 30.3 Å². The predicted molar refractivity (Wildman–Crippen MR) is 87.3 cm³/mol. The van der Waals surface area contributed by atoms with Gasteiger partial charge in [0, 0.05) is 0 Å². The number of piperazine rings is 1. The van der Waals surface area contributed by atoms with Crippen LogP contribution in [0.5, 0.6) is 5.75 Å². The Morgan fingerprint density at radius 3 is 2.59 bits per heavy atom. The third kappa shape index (κ3) is 3.39. The van der Waals surface area contributed by atoms with E-state index in [0.717, 1.165) is 43.9 Å². The van der Waals surface area contributed by atoms with Crippen molar-refractivity contribution in [3.05, 3.63) is 42.5 Å². The van der Waals surface area contributed by atoms with Gasteiger partial charge in [-0.25, -0.2) is 0 Å². The van der Waals surface area contributed by atoms with Crippen molar-refractivity contribution >= 4 is 16.7 Å². The molecule has 0 saturated carbocycles. The quantitative estimate of drug-likeness (QED) is 0.913. The van der Waals surface area contributed by atoms with E-state index in [-0.39, 0.29) is 12.5 Å². The van der Waals surface area contributed by atoms with Gasteiger partial charge in [0.05, 0.1) is 32.7 Å². The molecule has 3 rings (SSSR count). The van der Waals surface area contributed by atoms with Gasteiger partial charge < -0.3 is 14.5 Å². The molecule has 4 heteroatoms. The fourth-order valence-corrected chi connectivity index (χ4v) is 2.92. The smallest absolute Gasteiger partial charge is 0.260 e. The van der Waals surface area contributed by atoms with E-state index in [1.54, 1.807) is 4.90 Å². The number of fused-ring (bicyclic) bond motifs is 1. The Labute approximate surface area is 131 Å². The van der Waals surface area contributed by atoms with E-state index in [1.165, 1.54) is 5.39 Å². The Bertz CT molecular complexity index is 648. The lowest BCUT2D eigenvalue weighted by atomic mass is 10.1. The average molecular weight is 299 g/mol. The lowest BCUT2D eigenvalue weighted by Gasteiger charge is -2.31. The predicted octanol–water partition coefficient (Wildman–Crippen LogP) is 0.966. The van der Waals surface area contributed by atoms with Crippen molar-refractivity contribution in [1.29, 1.82) is 0 Å². The van der Waals surface area contributed by atoms with Crippen LogP contribution in [0.3, 0.4) is 0 Å². The van der Waals surface area contributed by atoms with Crippen LogP contribution in [0.1, 0.15) is 6.92 Å². The largest absolute Gasteiger partial charge is 0.484 e. The Morgan fingerprint density at radius 2 is 1.86 bits per heavy atom. The molecule has 1 fully saturated rings. The first kappa shape index (κ1) is 14.9. The number of quaternary nitrogens is 1. The zero-order chi connectivity index (χ0) is 15.4. The number of benzene rings is 2. The Balaban J connectivity index is 1.56. The van der Waals surface area contributed by atoms with Crippen LogP contribution in [0.4, 0.5) is 0 Å². The second kappa shape index (κ2) is 6.79. The molecule has 1 heterocycles. The maximum Gasteiger partial charge on any atom is 0.260 e. The highest BCUT2D eigenvalue weighted by molar-refractivity contribution is 5.84. The first-order valence-corrected chi connectivity index (χ1v) is 7.99. The highest BCUT2D eigenvalue weighted by atomic mass is 16.5. The van der Waals surface area contributed by atoms with Crippen LogP contribution in [0.25, 0.3) is 10.8 Å². The number of ether oxygens (including phenoxy) is 1. The molecule has 1 aliphatic rings. The Hall–Kier alpha value is -2.07. The molecule has 1 amide bonds. The molecule has 1 N–H and O–H groups in total. The first-order valence-electron chi connectivity index (χ1n) is 7.99. The lowest BCUT2D eigenvalue weighted by molar-refractivity contribution is -0.902. The van der Waals surface area contributed by atoms with Crippen LogP contribution < -0.4 is 9.64 Å². The van der Waals surface area contributed by atoms with Crippen molar-refractivity contribution in [1.82, 2.24) is 4.90 Å². The van der Waals surface area contributed by atoms with Crippen LogP contribution in [0, 0.1) is 0 Å². The normalized spacial score (nSPS) is 16.0. The third-order valence-electron chi connectivity index (χ3n) is 4.41. The number of hydrogen-bond donors (Lipinski definition) is 1. The van der Waals surface area contributed by atoms with Gasteiger partial charge in [-0.05, 0) is 29.8 Å². The summed E-state index contributed by atoms with van der Waals surface area (Å²) < 4.78 is 5.68. The van der Waals surface area contributed by atoms with E-state index in [4.69, 9.17) is 4.74 Å². The summed E-state index contributed by atoms with van der Waals surface area (Å²) in [5, 5.41) is 2.31. The summed E-state index contributed by atoms with van der Waals surface area (Å²) in [7, 11) is 0. The van der Waals surface area contributed by atoms with Gasteiger partial charge in [-0.2, -0.15) is 0 Å². The van der Waals surface area contributed by atoms with Crippen molar-refractivity contribution in [3.8, 4) is 5.75 Å². The van der Waals surface area contributed by atoms with Gasteiger partial charge in [-0.3, -0.25) is 4.79 Å². The SMILES string of the molecule is CC[NH+]1CCN(C(=O)COc2ccc3ccccc3c2)CC1. The number of carbonyl (C=O) groups excluding carboxylic acids is 1. The number of amides is 1. The molecule has 1 saturated heterocycles. The molecule has 0 unspecified atom stereocenters. The van der Waals surface area contributed by atoms with Gasteiger partial charge in [0.2, 0.25) is 0 Å². The third-order valence-corrected chi connectivity index (χ3v) is 4.41. The van der Waals surface area contributed by atoms with Crippen LogP contribution in [-0.2, 0) is 4.79 Å². The van der Waals surface area contributed by atoms with Crippen LogP contribution >= 0.6 is 0 Å². The number of nitrogens with zero attached hydrogens (tertiary/aromatic N) is 1. The topological polar surface area (TPSA) is 34.0 Å². The number of carbonyl (C=O) groups is 1. The molecule has 0 radical (unpaired) electrons. The molecule has 0 spiro atoms. The molecule has 116 valence electrons. The lowest BCUT2D eigenvalue weighted by Crippen LogP contribution is -3.14. The summed E-state index contributed by atoms with van der Waals surface area (Å²) in [6, 6.07) is 14.1. The highest BCUT2D eigenvalue weighted by Gasteiger charge is 2.22. The molecule has 0 aromatic heterocycles. The zero-order valence-electron chi connectivity index (χ0n) is 13.0. The van der Waals surface area contributed by atoms with Gasteiger partial charge in [0.1, 0.15) is 5.75 Å². The summed E-state index contributed by atoms with van der Waals surface area (Å²) in [6.45, 7) is 7.20. The maximum absolute atomic E-state index is 12.2. The molecule has 2 aromatic rings.